The van der Waals surface area contributed by atoms with Crippen molar-refractivity contribution < 1.29 is 9.50 Å². The number of aliphatic hydroxyl groups excluding tert-OH is 1. The van der Waals surface area contributed by atoms with E-state index in [1.54, 1.807) is 6.07 Å². The topological polar surface area (TPSA) is 20.2 Å². The Morgan fingerprint density at radius 1 is 1.33 bits per heavy atom. The SMILES string of the molecule is CCC1CCC(C(O)c2cc(F)ccc2Br)CC1. The second kappa shape index (κ2) is 6.16. The predicted octanol–water partition coefficient (Wildman–Crippen LogP) is 4.84. The molecule has 0 amide bonds. The summed E-state index contributed by atoms with van der Waals surface area (Å²) < 4.78 is 14.1. The van der Waals surface area contributed by atoms with Crippen LogP contribution in [-0.4, -0.2) is 5.11 Å². The van der Waals surface area contributed by atoms with Crippen LogP contribution in [0.25, 0.3) is 0 Å². The lowest BCUT2D eigenvalue weighted by Crippen LogP contribution is -2.20. The summed E-state index contributed by atoms with van der Waals surface area (Å²) in [5, 5.41) is 10.4. The Morgan fingerprint density at radius 3 is 2.61 bits per heavy atom. The molecule has 100 valence electrons. The molecular formula is C15H20BrFO. The maximum absolute atomic E-state index is 13.3. The summed E-state index contributed by atoms with van der Waals surface area (Å²) in [6, 6.07) is 4.53. The van der Waals surface area contributed by atoms with Gasteiger partial charge < -0.3 is 5.11 Å². The first-order valence-electron chi connectivity index (χ1n) is 6.74. The third kappa shape index (κ3) is 3.12. The average Bonchev–Trinajstić information content (AvgIpc) is 2.41. The summed E-state index contributed by atoms with van der Waals surface area (Å²) in [6.45, 7) is 2.23. The number of halogens is 2. The molecule has 0 heterocycles. The Labute approximate surface area is 117 Å². The van der Waals surface area contributed by atoms with Gasteiger partial charge in [0.15, 0.2) is 0 Å². The lowest BCUT2D eigenvalue weighted by atomic mass is 9.77. The fraction of sp³-hybridized carbons (Fsp3) is 0.600. The molecule has 1 fully saturated rings. The van der Waals surface area contributed by atoms with Crippen molar-refractivity contribution in [1.29, 1.82) is 0 Å². The van der Waals surface area contributed by atoms with E-state index in [2.05, 4.69) is 22.9 Å². The van der Waals surface area contributed by atoms with E-state index in [1.165, 1.54) is 31.4 Å². The molecule has 1 aromatic rings. The largest absolute Gasteiger partial charge is 0.388 e. The Bertz CT molecular complexity index is 399. The molecule has 1 aromatic carbocycles. The van der Waals surface area contributed by atoms with Crippen molar-refractivity contribution in [1.82, 2.24) is 0 Å². The molecule has 3 heteroatoms. The molecule has 1 nitrogen and oxygen atoms in total. The predicted molar refractivity (Wildman–Crippen MR) is 74.8 cm³/mol. The highest BCUT2D eigenvalue weighted by molar-refractivity contribution is 9.10. The lowest BCUT2D eigenvalue weighted by Gasteiger charge is -2.31. The van der Waals surface area contributed by atoms with Crippen LogP contribution in [0.15, 0.2) is 22.7 Å². The molecule has 1 aliphatic carbocycles. The van der Waals surface area contributed by atoms with Gasteiger partial charge in [-0.1, -0.05) is 42.1 Å². The molecule has 1 saturated carbocycles. The first kappa shape index (κ1) is 14.0. The molecule has 2 rings (SSSR count). The van der Waals surface area contributed by atoms with Crippen molar-refractivity contribution in [3.63, 3.8) is 0 Å². The van der Waals surface area contributed by atoms with Crippen LogP contribution in [0, 0.1) is 17.7 Å². The quantitative estimate of drug-likeness (QED) is 0.846. The van der Waals surface area contributed by atoms with Crippen LogP contribution >= 0.6 is 15.9 Å². The van der Waals surface area contributed by atoms with Crippen LogP contribution < -0.4 is 0 Å². The minimum Gasteiger partial charge on any atom is -0.388 e. The van der Waals surface area contributed by atoms with Gasteiger partial charge in [-0.25, -0.2) is 4.39 Å². The Hall–Kier alpha value is -0.410. The molecule has 0 saturated heterocycles. The molecule has 0 spiro atoms. The van der Waals surface area contributed by atoms with E-state index in [9.17, 15) is 9.50 Å². The number of hydrogen-bond donors (Lipinski definition) is 1. The molecule has 1 aliphatic rings. The normalized spacial score (nSPS) is 26.0. The van der Waals surface area contributed by atoms with Crippen LogP contribution in [0.2, 0.25) is 0 Å². The van der Waals surface area contributed by atoms with Crippen molar-refractivity contribution in [2.45, 2.75) is 45.1 Å². The maximum atomic E-state index is 13.3. The van der Waals surface area contributed by atoms with Gasteiger partial charge in [-0.05, 0) is 48.4 Å². The molecule has 0 bridgehead atoms. The second-order valence-electron chi connectivity index (χ2n) is 5.30. The van der Waals surface area contributed by atoms with Crippen molar-refractivity contribution in [3.8, 4) is 0 Å². The monoisotopic (exact) mass is 314 g/mol. The third-order valence-corrected chi connectivity index (χ3v) is 4.91. The fourth-order valence-corrected chi connectivity index (χ4v) is 3.39. The maximum Gasteiger partial charge on any atom is 0.123 e. The summed E-state index contributed by atoms with van der Waals surface area (Å²) in [7, 11) is 0. The van der Waals surface area contributed by atoms with Crippen molar-refractivity contribution in [2.24, 2.45) is 11.8 Å². The molecule has 1 unspecified atom stereocenters. The number of rotatable bonds is 3. The highest BCUT2D eigenvalue weighted by Crippen LogP contribution is 2.39. The van der Waals surface area contributed by atoms with Gasteiger partial charge in [0.25, 0.3) is 0 Å². The van der Waals surface area contributed by atoms with Gasteiger partial charge in [-0.3, -0.25) is 0 Å². The van der Waals surface area contributed by atoms with Gasteiger partial charge in [-0.2, -0.15) is 0 Å². The molecule has 0 aromatic heterocycles. The summed E-state index contributed by atoms with van der Waals surface area (Å²) in [6.07, 6.45) is 5.14. The minimum atomic E-state index is -0.548. The molecular weight excluding hydrogens is 295 g/mol. The highest BCUT2D eigenvalue weighted by atomic mass is 79.9. The van der Waals surface area contributed by atoms with E-state index in [0.29, 0.717) is 5.56 Å². The van der Waals surface area contributed by atoms with Crippen molar-refractivity contribution in [3.05, 3.63) is 34.1 Å². The zero-order valence-corrected chi connectivity index (χ0v) is 12.3. The average molecular weight is 315 g/mol. The standard InChI is InChI=1S/C15H20BrFO/c1-2-10-3-5-11(6-4-10)15(18)13-9-12(17)7-8-14(13)16/h7-11,15,18H,2-6H2,1H3. The van der Waals surface area contributed by atoms with E-state index in [4.69, 9.17) is 0 Å². The van der Waals surface area contributed by atoms with Crippen LogP contribution in [0.3, 0.4) is 0 Å². The van der Waals surface area contributed by atoms with Gasteiger partial charge >= 0.3 is 0 Å². The van der Waals surface area contributed by atoms with Crippen LogP contribution in [0.4, 0.5) is 4.39 Å². The smallest absolute Gasteiger partial charge is 0.123 e. The van der Waals surface area contributed by atoms with Gasteiger partial charge in [-0.15, -0.1) is 0 Å². The van der Waals surface area contributed by atoms with Gasteiger partial charge in [0.1, 0.15) is 5.82 Å². The number of aliphatic hydroxyl groups is 1. The first-order chi connectivity index (χ1) is 8.61. The molecule has 1 atom stereocenters. The van der Waals surface area contributed by atoms with Crippen molar-refractivity contribution in [2.75, 3.05) is 0 Å². The van der Waals surface area contributed by atoms with E-state index in [0.717, 1.165) is 23.2 Å². The second-order valence-corrected chi connectivity index (χ2v) is 6.15. The summed E-state index contributed by atoms with van der Waals surface area (Å²) in [4.78, 5) is 0. The third-order valence-electron chi connectivity index (χ3n) is 4.19. The van der Waals surface area contributed by atoms with E-state index < -0.39 is 6.10 Å². The van der Waals surface area contributed by atoms with E-state index >= 15 is 0 Å². The van der Waals surface area contributed by atoms with Crippen molar-refractivity contribution >= 4 is 15.9 Å². The molecule has 0 radical (unpaired) electrons. The fourth-order valence-electron chi connectivity index (χ4n) is 2.91. The van der Waals surface area contributed by atoms with Crippen LogP contribution in [0.1, 0.15) is 50.7 Å². The number of benzene rings is 1. The summed E-state index contributed by atoms with van der Waals surface area (Å²) >= 11 is 3.40. The lowest BCUT2D eigenvalue weighted by molar-refractivity contribution is 0.0721. The Balaban J connectivity index is 2.07. The van der Waals surface area contributed by atoms with Gasteiger partial charge in [0, 0.05) is 4.47 Å². The van der Waals surface area contributed by atoms with E-state index in [1.807, 2.05) is 0 Å². The van der Waals surface area contributed by atoms with Crippen LogP contribution in [-0.2, 0) is 0 Å². The summed E-state index contributed by atoms with van der Waals surface area (Å²) in [5.74, 6) is 0.796. The molecule has 18 heavy (non-hydrogen) atoms. The Morgan fingerprint density at radius 2 is 2.00 bits per heavy atom. The minimum absolute atomic E-state index is 0.269. The zero-order valence-electron chi connectivity index (χ0n) is 10.7. The summed E-state index contributed by atoms with van der Waals surface area (Å²) in [5.41, 5.74) is 0.690. The van der Waals surface area contributed by atoms with Gasteiger partial charge in [0.2, 0.25) is 0 Å². The van der Waals surface area contributed by atoms with Crippen LogP contribution in [0.5, 0.6) is 0 Å². The zero-order chi connectivity index (χ0) is 13.1. The molecule has 0 aliphatic heterocycles. The Kier molecular flexibility index (Phi) is 4.79. The van der Waals surface area contributed by atoms with E-state index in [-0.39, 0.29) is 11.7 Å². The first-order valence-corrected chi connectivity index (χ1v) is 7.54. The highest BCUT2D eigenvalue weighted by Gasteiger charge is 2.27. The van der Waals surface area contributed by atoms with Gasteiger partial charge in [0.05, 0.1) is 6.10 Å². The number of hydrogen-bond acceptors (Lipinski definition) is 1. The molecule has 1 N–H and O–H groups in total.